The van der Waals surface area contributed by atoms with Crippen LogP contribution in [0, 0.1) is 0 Å². The van der Waals surface area contributed by atoms with Crippen molar-refractivity contribution in [2.75, 3.05) is 0 Å². The van der Waals surface area contributed by atoms with Crippen LogP contribution >= 0.6 is 7.26 Å². The summed E-state index contributed by atoms with van der Waals surface area (Å²) in [6.07, 6.45) is 1.15. The van der Waals surface area contributed by atoms with E-state index in [-0.39, 0.29) is 5.16 Å². The molecule has 0 fully saturated rings. The third-order valence-electron chi connectivity index (χ3n) is 5.52. The minimum atomic E-state index is -2.15. The Morgan fingerprint density at radius 3 is 1.12 bits per heavy atom. The SMILES string of the molecule is CCC(C)(C)[PH](c1ccccc1)(c1ccccc1)c1ccccc1. The van der Waals surface area contributed by atoms with Crippen LogP contribution in [-0.4, -0.2) is 5.16 Å². The van der Waals surface area contributed by atoms with Crippen molar-refractivity contribution < 1.29 is 0 Å². The molecule has 124 valence electrons. The van der Waals surface area contributed by atoms with Gasteiger partial charge in [-0.1, -0.05) is 0 Å². The Kier molecular flexibility index (Phi) is 4.88. The molecule has 0 aliphatic carbocycles. The molecule has 0 aromatic heterocycles. The second-order valence-electron chi connectivity index (χ2n) is 7.09. The maximum absolute atomic E-state index is 2.45. The predicted octanol–water partition coefficient (Wildman–Crippen LogP) is 4.90. The Morgan fingerprint density at radius 1 is 0.583 bits per heavy atom. The van der Waals surface area contributed by atoms with Crippen molar-refractivity contribution in [3.63, 3.8) is 0 Å². The molecule has 0 saturated heterocycles. The molecule has 0 aliphatic heterocycles. The zero-order chi connectivity index (χ0) is 17.0. The van der Waals surface area contributed by atoms with Crippen molar-refractivity contribution in [2.24, 2.45) is 0 Å². The Labute approximate surface area is 146 Å². The van der Waals surface area contributed by atoms with Crippen molar-refractivity contribution in [1.82, 2.24) is 0 Å². The van der Waals surface area contributed by atoms with Crippen molar-refractivity contribution >= 4 is 23.2 Å². The number of hydrogen-bond acceptors (Lipinski definition) is 0. The predicted molar refractivity (Wildman–Crippen MR) is 111 cm³/mol. The van der Waals surface area contributed by atoms with Gasteiger partial charge in [0.15, 0.2) is 0 Å². The first kappa shape index (κ1) is 16.9. The fourth-order valence-corrected chi connectivity index (χ4v) is 9.95. The van der Waals surface area contributed by atoms with Gasteiger partial charge in [-0.2, -0.15) is 0 Å². The first-order chi connectivity index (χ1) is 11.6. The van der Waals surface area contributed by atoms with E-state index >= 15 is 0 Å². The standard InChI is InChI=1S/C23H27P/c1-4-23(2,3)24(20-14-8-5-9-15-20,21-16-10-6-11-17-21)22-18-12-7-13-19-22/h5-19,24H,4H2,1-3H3. The van der Waals surface area contributed by atoms with Crippen LogP contribution in [0.4, 0.5) is 0 Å². The normalized spacial score (nSPS) is 12.8. The first-order valence-electron chi connectivity index (χ1n) is 8.79. The van der Waals surface area contributed by atoms with Crippen LogP contribution in [0.25, 0.3) is 0 Å². The van der Waals surface area contributed by atoms with Gasteiger partial charge in [0.05, 0.1) is 0 Å². The molecule has 0 aliphatic rings. The van der Waals surface area contributed by atoms with Gasteiger partial charge in [-0.25, -0.2) is 0 Å². The minimum absolute atomic E-state index is 0.205. The molecule has 0 N–H and O–H groups in total. The molecule has 0 saturated carbocycles. The molecule has 0 nitrogen and oxygen atoms in total. The van der Waals surface area contributed by atoms with Gasteiger partial charge in [0.25, 0.3) is 0 Å². The molecular formula is C23H27P. The van der Waals surface area contributed by atoms with Crippen molar-refractivity contribution in [2.45, 2.75) is 32.3 Å². The van der Waals surface area contributed by atoms with Gasteiger partial charge < -0.3 is 0 Å². The first-order valence-corrected chi connectivity index (χ1v) is 10.8. The van der Waals surface area contributed by atoms with Gasteiger partial charge >= 0.3 is 147 Å². The summed E-state index contributed by atoms with van der Waals surface area (Å²) in [5, 5.41) is 4.69. The molecule has 1 heteroatoms. The summed E-state index contributed by atoms with van der Waals surface area (Å²) in [5.74, 6) is 0. The Morgan fingerprint density at radius 2 is 0.875 bits per heavy atom. The topological polar surface area (TPSA) is 0 Å². The van der Waals surface area contributed by atoms with E-state index in [1.807, 2.05) is 0 Å². The molecule has 3 aromatic carbocycles. The Hall–Kier alpha value is -1.91. The van der Waals surface area contributed by atoms with Crippen molar-refractivity contribution in [3.8, 4) is 0 Å². The summed E-state index contributed by atoms with van der Waals surface area (Å²) in [5.41, 5.74) is 0. The van der Waals surface area contributed by atoms with Crippen LogP contribution in [0.5, 0.6) is 0 Å². The monoisotopic (exact) mass is 334 g/mol. The average Bonchev–Trinajstić information content (AvgIpc) is 2.65. The van der Waals surface area contributed by atoms with E-state index in [0.717, 1.165) is 6.42 Å². The molecule has 3 rings (SSSR count). The summed E-state index contributed by atoms with van der Waals surface area (Å²) >= 11 is 0. The molecule has 3 aromatic rings. The molecule has 0 heterocycles. The molecule has 0 bridgehead atoms. The molecule has 0 atom stereocenters. The van der Waals surface area contributed by atoms with Gasteiger partial charge in [0.2, 0.25) is 0 Å². The van der Waals surface area contributed by atoms with Crippen LogP contribution in [0.15, 0.2) is 91.0 Å². The third kappa shape index (κ3) is 2.70. The number of benzene rings is 3. The average molecular weight is 334 g/mol. The Balaban J connectivity index is 2.42. The van der Waals surface area contributed by atoms with E-state index in [0.29, 0.717) is 0 Å². The zero-order valence-corrected chi connectivity index (χ0v) is 15.9. The van der Waals surface area contributed by atoms with E-state index in [1.54, 1.807) is 0 Å². The number of rotatable bonds is 5. The van der Waals surface area contributed by atoms with Crippen LogP contribution in [-0.2, 0) is 0 Å². The van der Waals surface area contributed by atoms with Crippen LogP contribution in [0.1, 0.15) is 27.2 Å². The molecular weight excluding hydrogens is 307 g/mol. The van der Waals surface area contributed by atoms with E-state index in [9.17, 15) is 0 Å². The van der Waals surface area contributed by atoms with Gasteiger partial charge in [0.1, 0.15) is 0 Å². The third-order valence-corrected chi connectivity index (χ3v) is 11.5. The molecule has 0 radical (unpaired) electrons. The summed E-state index contributed by atoms with van der Waals surface area (Å²) in [6, 6.07) is 33.5. The summed E-state index contributed by atoms with van der Waals surface area (Å²) in [7, 11) is -2.15. The number of hydrogen-bond donors (Lipinski definition) is 0. The maximum atomic E-state index is 2.45. The molecule has 0 spiro atoms. The van der Waals surface area contributed by atoms with Gasteiger partial charge in [-0.05, 0) is 0 Å². The van der Waals surface area contributed by atoms with E-state index in [1.165, 1.54) is 15.9 Å². The van der Waals surface area contributed by atoms with Crippen molar-refractivity contribution in [3.05, 3.63) is 91.0 Å². The van der Waals surface area contributed by atoms with E-state index in [2.05, 4.69) is 112 Å². The molecule has 0 amide bonds. The van der Waals surface area contributed by atoms with Gasteiger partial charge in [0, 0.05) is 0 Å². The van der Waals surface area contributed by atoms with Crippen LogP contribution < -0.4 is 15.9 Å². The Bertz CT molecular complexity index is 664. The fourth-order valence-electron chi connectivity index (χ4n) is 4.00. The quantitative estimate of drug-likeness (QED) is 0.582. The summed E-state index contributed by atoms with van der Waals surface area (Å²) in [4.78, 5) is 0. The van der Waals surface area contributed by atoms with E-state index in [4.69, 9.17) is 0 Å². The molecule has 0 unspecified atom stereocenters. The van der Waals surface area contributed by atoms with Crippen LogP contribution in [0.2, 0.25) is 0 Å². The fraction of sp³-hybridized carbons (Fsp3) is 0.217. The summed E-state index contributed by atoms with van der Waals surface area (Å²) in [6.45, 7) is 7.23. The van der Waals surface area contributed by atoms with Gasteiger partial charge in [-0.3, -0.25) is 0 Å². The second-order valence-corrected chi connectivity index (χ2v) is 11.7. The molecule has 24 heavy (non-hydrogen) atoms. The van der Waals surface area contributed by atoms with Gasteiger partial charge in [-0.15, -0.1) is 0 Å². The van der Waals surface area contributed by atoms with E-state index < -0.39 is 7.26 Å². The van der Waals surface area contributed by atoms with Crippen LogP contribution in [0.3, 0.4) is 0 Å². The van der Waals surface area contributed by atoms with Crippen molar-refractivity contribution in [1.29, 1.82) is 0 Å². The second kappa shape index (κ2) is 6.91. The zero-order valence-electron chi connectivity index (χ0n) is 14.9. The summed E-state index contributed by atoms with van der Waals surface area (Å²) < 4.78 is 0.